The summed E-state index contributed by atoms with van der Waals surface area (Å²) in [5.41, 5.74) is 0.133. The molecule has 0 saturated heterocycles. The molecule has 0 unspecified atom stereocenters. The molecule has 1 aliphatic rings. The molecule has 0 atom stereocenters. The van der Waals surface area contributed by atoms with Crippen molar-refractivity contribution < 1.29 is 14.3 Å². The SMILES string of the molecule is Cc1ccc(NC(=O)NCC2(O)CCCC2)c(F)c1. The monoisotopic (exact) mass is 266 g/mol. The third-order valence-corrected chi connectivity index (χ3v) is 3.49. The van der Waals surface area contributed by atoms with E-state index in [1.54, 1.807) is 13.0 Å². The van der Waals surface area contributed by atoms with Crippen LogP contribution in [-0.2, 0) is 0 Å². The maximum Gasteiger partial charge on any atom is 0.319 e. The quantitative estimate of drug-likeness (QED) is 0.787. The van der Waals surface area contributed by atoms with Crippen molar-refractivity contribution in [3.05, 3.63) is 29.6 Å². The Labute approximate surface area is 112 Å². The number of aliphatic hydroxyl groups is 1. The number of urea groups is 1. The highest BCUT2D eigenvalue weighted by Crippen LogP contribution is 2.28. The van der Waals surface area contributed by atoms with Crippen molar-refractivity contribution in [1.29, 1.82) is 0 Å². The Kier molecular flexibility index (Phi) is 4.04. The molecule has 0 aromatic heterocycles. The largest absolute Gasteiger partial charge is 0.388 e. The number of hydrogen-bond donors (Lipinski definition) is 3. The van der Waals surface area contributed by atoms with Gasteiger partial charge in [0.15, 0.2) is 0 Å². The average molecular weight is 266 g/mol. The van der Waals surface area contributed by atoms with Crippen LogP contribution < -0.4 is 10.6 Å². The molecule has 4 nitrogen and oxygen atoms in total. The fourth-order valence-electron chi connectivity index (χ4n) is 2.34. The van der Waals surface area contributed by atoms with Crippen LogP contribution in [0.15, 0.2) is 18.2 Å². The van der Waals surface area contributed by atoms with Crippen LogP contribution in [-0.4, -0.2) is 23.3 Å². The molecule has 2 amide bonds. The van der Waals surface area contributed by atoms with Gasteiger partial charge in [0.05, 0.1) is 11.3 Å². The number of nitrogens with one attached hydrogen (secondary N) is 2. The van der Waals surface area contributed by atoms with Crippen LogP contribution in [0.25, 0.3) is 0 Å². The predicted octanol–water partition coefficient (Wildman–Crippen LogP) is 2.56. The minimum Gasteiger partial charge on any atom is -0.388 e. The molecule has 1 aromatic rings. The molecular weight excluding hydrogens is 247 g/mol. The van der Waals surface area contributed by atoms with Crippen LogP contribution in [0.3, 0.4) is 0 Å². The van der Waals surface area contributed by atoms with E-state index in [0.29, 0.717) is 12.8 Å². The molecule has 3 N–H and O–H groups in total. The Bertz CT molecular complexity index is 471. The summed E-state index contributed by atoms with van der Waals surface area (Å²) >= 11 is 0. The number of aryl methyl sites for hydroxylation is 1. The van der Waals surface area contributed by atoms with Gasteiger partial charge in [-0.1, -0.05) is 18.9 Å². The van der Waals surface area contributed by atoms with Gasteiger partial charge in [-0.05, 0) is 37.5 Å². The van der Waals surface area contributed by atoms with Crippen LogP contribution >= 0.6 is 0 Å². The van der Waals surface area contributed by atoms with Crippen LogP contribution in [0.1, 0.15) is 31.2 Å². The zero-order valence-electron chi connectivity index (χ0n) is 11.0. The van der Waals surface area contributed by atoms with Crippen molar-refractivity contribution in [3.8, 4) is 0 Å². The highest BCUT2D eigenvalue weighted by atomic mass is 19.1. The number of halogens is 1. The van der Waals surface area contributed by atoms with E-state index in [1.807, 2.05) is 0 Å². The van der Waals surface area contributed by atoms with Gasteiger partial charge in [-0.2, -0.15) is 0 Å². The standard InChI is InChI=1S/C14H19FN2O2/c1-10-4-5-12(11(15)8-10)17-13(18)16-9-14(19)6-2-3-7-14/h4-5,8,19H,2-3,6-7,9H2,1H3,(H2,16,17,18). The Balaban J connectivity index is 1.87. The first-order valence-electron chi connectivity index (χ1n) is 6.52. The minimum atomic E-state index is -0.802. The third kappa shape index (κ3) is 3.67. The van der Waals surface area contributed by atoms with Crippen LogP contribution in [0.5, 0.6) is 0 Å². The molecule has 104 valence electrons. The summed E-state index contributed by atoms with van der Waals surface area (Å²) in [4.78, 5) is 11.6. The van der Waals surface area contributed by atoms with Crippen molar-refractivity contribution in [3.63, 3.8) is 0 Å². The van der Waals surface area contributed by atoms with Crippen molar-refractivity contribution in [2.75, 3.05) is 11.9 Å². The van der Waals surface area contributed by atoms with Crippen LogP contribution in [0.4, 0.5) is 14.9 Å². The van der Waals surface area contributed by atoms with E-state index in [0.717, 1.165) is 18.4 Å². The van der Waals surface area contributed by atoms with E-state index in [2.05, 4.69) is 10.6 Å². The van der Waals surface area contributed by atoms with Gasteiger partial charge in [-0.15, -0.1) is 0 Å². The predicted molar refractivity (Wildman–Crippen MR) is 71.6 cm³/mol. The molecule has 2 rings (SSSR count). The van der Waals surface area contributed by atoms with Crippen LogP contribution in [0, 0.1) is 12.7 Å². The number of carbonyl (C=O) groups is 1. The second-order valence-electron chi connectivity index (χ2n) is 5.22. The van der Waals surface area contributed by atoms with Gasteiger partial charge in [0, 0.05) is 6.54 Å². The zero-order chi connectivity index (χ0) is 13.9. The Morgan fingerprint density at radius 1 is 1.42 bits per heavy atom. The van der Waals surface area contributed by atoms with Gasteiger partial charge in [0.2, 0.25) is 0 Å². The molecule has 1 fully saturated rings. The fourth-order valence-corrected chi connectivity index (χ4v) is 2.34. The van der Waals surface area contributed by atoms with Gasteiger partial charge >= 0.3 is 6.03 Å². The van der Waals surface area contributed by atoms with E-state index in [4.69, 9.17) is 0 Å². The van der Waals surface area contributed by atoms with Crippen molar-refractivity contribution in [2.24, 2.45) is 0 Å². The zero-order valence-corrected chi connectivity index (χ0v) is 11.0. The van der Waals surface area contributed by atoms with Gasteiger partial charge in [-0.25, -0.2) is 9.18 Å². The first-order chi connectivity index (χ1) is 8.98. The van der Waals surface area contributed by atoms with E-state index in [9.17, 15) is 14.3 Å². The second kappa shape index (κ2) is 5.57. The lowest BCUT2D eigenvalue weighted by atomic mass is 10.0. The molecule has 0 spiro atoms. The molecule has 1 aliphatic carbocycles. The van der Waals surface area contributed by atoms with Gasteiger partial charge in [0.25, 0.3) is 0 Å². The summed E-state index contributed by atoms with van der Waals surface area (Å²) in [5.74, 6) is -0.463. The summed E-state index contributed by atoms with van der Waals surface area (Å²) in [6, 6.07) is 4.11. The Morgan fingerprint density at radius 3 is 2.74 bits per heavy atom. The average Bonchev–Trinajstić information content (AvgIpc) is 2.78. The number of hydrogen-bond acceptors (Lipinski definition) is 2. The van der Waals surface area contributed by atoms with E-state index in [1.165, 1.54) is 12.1 Å². The molecule has 0 bridgehead atoms. The smallest absolute Gasteiger partial charge is 0.319 e. The minimum absolute atomic E-state index is 0.140. The molecule has 0 heterocycles. The summed E-state index contributed by atoms with van der Waals surface area (Å²) in [6.45, 7) is 1.98. The van der Waals surface area contributed by atoms with Crippen molar-refractivity contribution >= 4 is 11.7 Å². The number of amides is 2. The summed E-state index contributed by atoms with van der Waals surface area (Å²) in [6.07, 6.45) is 3.36. The molecule has 0 aliphatic heterocycles. The Hall–Kier alpha value is -1.62. The maximum atomic E-state index is 13.5. The molecule has 5 heteroatoms. The topological polar surface area (TPSA) is 61.4 Å². The van der Waals surface area contributed by atoms with Gasteiger partial charge in [0.1, 0.15) is 5.82 Å². The fraction of sp³-hybridized carbons (Fsp3) is 0.500. The molecule has 1 saturated carbocycles. The first kappa shape index (κ1) is 13.8. The number of rotatable bonds is 3. The maximum absolute atomic E-state index is 13.5. The first-order valence-corrected chi connectivity index (χ1v) is 6.52. The Morgan fingerprint density at radius 2 is 2.11 bits per heavy atom. The lowest BCUT2D eigenvalue weighted by Gasteiger charge is -2.22. The highest BCUT2D eigenvalue weighted by molar-refractivity contribution is 5.89. The van der Waals surface area contributed by atoms with Gasteiger partial charge < -0.3 is 15.7 Å². The highest BCUT2D eigenvalue weighted by Gasteiger charge is 2.31. The van der Waals surface area contributed by atoms with Gasteiger partial charge in [-0.3, -0.25) is 0 Å². The summed E-state index contributed by atoms with van der Waals surface area (Å²) in [5, 5.41) is 15.1. The number of anilines is 1. The summed E-state index contributed by atoms with van der Waals surface area (Å²) < 4.78 is 13.5. The normalized spacial score (nSPS) is 17.2. The molecule has 1 aromatic carbocycles. The van der Waals surface area contributed by atoms with E-state index < -0.39 is 17.4 Å². The molecular formula is C14H19FN2O2. The van der Waals surface area contributed by atoms with Crippen molar-refractivity contribution in [1.82, 2.24) is 5.32 Å². The third-order valence-electron chi connectivity index (χ3n) is 3.49. The number of benzene rings is 1. The number of carbonyl (C=O) groups excluding carboxylic acids is 1. The van der Waals surface area contributed by atoms with E-state index in [-0.39, 0.29) is 12.2 Å². The molecule has 0 radical (unpaired) electrons. The van der Waals surface area contributed by atoms with Crippen LogP contribution in [0.2, 0.25) is 0 Å². The summed E-state index contributed by atoms with van der Waals surface area (Å²) in [7, 11) is 0. The lowest BCUT2D eigenvalue weighted by molar-refractivity contribution is 0.0506. The lowest BCUT2D eigenvalue weighted by Crippen LogP contribution is -2.42. The van der Waals surface area contributed by atoms with E-state index >= 15 is 0 Å². The second-order valence-corrected chi connectivity index (χ2v) is 5.22. The molecule has 19 heavy (non-hydrogen) atoms. The van der Waals surface area contributed by atoms with Crippen molar-refractivity contribution in [2.45, 2.75) is 38.2 Å².